The lowest BCUT2D eigenvalue weighted by atomic mass is 10.0. The number of rotatable bonds is 7. The molecule has 0 aliphatic carbocycles. The summed E-state index contributed by atoms with van der Waals surface area (Å²) in [5.41, 5.74) is 2.19. The lowest BCUT2D eigenvalue weighted by Crippen LogP contribution is -2.40. The zero-order chi connectivity index (χ0) is 18.7. The number of benzene rings is 1. The fraction of sp³-hybridized carbons (Fsp3) is 0.286. The maximum absolute atomic E-state index is 12.5. The molecule has 0 bridgehead atoms. The summed E-state index contributed by atoms with van der Waals surface area (Å²) in [6.07, 6.45) is 5.86. The minimum absolute atomic E-state index is 0.200. The first-order chi connectivity index (χ1) is 12.1. The lowest BCUT2D eigenvalue weighted by molar-refractivity contribution is -0.118. The Balaban J connectivity index is 0.00000151. The molecule has 1 aromatic carbocycles. The van der Waals surface area contributed by atoms with Crippen LogP contribution >= 0.6 is 0 Å². The van der Waals surface area contributed by atoms with Gasteiger partial charge in [0.15, 0.2) is 0 Å². The predicted octanol–water partition coefficient (Wildman–Crippen LogP) is 3.85. The molecule has 1 atom stereocenters. The highest BCUT2D eigenvalue weighted by Gasteiger charge is 2.21. The van der Waals surface area contributed by atoms with Gasteiger partial charge in [0.05, 0.1) is 18.2 Å². The number of carbonyl (C=O) groups is 1. The zero-order valence-electron chi connectivity index (χ0n) is 15.3. The van der Waals surface area contributed by atoms with Gasteiger partial charge in [0.1, 0.15) is 5.76 Å². The Hall–Kier alpha value is -2.75. The van der Waals surface area contributed by atoms with Gasteiger partial charge in [-0.05, 0) is 31.1 Å². The first kappa shape index (κ1) is 20.3. The molecular formula is C21H28N2O2. The van der Waals surface area contributed by atoms with E-state index in [-0.39, 0.29) is 11.9 Å². The van der Waals surface area contributed by atoms with E-state index in [9.17, 15) is 4.79 Å². The maximum Gasteiger partial charge on any atom is 0.253 e. The average molecular weight is 340 g/mol. The van der Waals surface area contributed by atoms with Gasteiger partial charge in [-0.1, -0.05) is 57.3 Å². The molecule has 134 valence electrons. The standard InChI is InChI=1S/C19H22N2O2.C2H6/c1-4-23-15(3)18(13-16-9-6-5-7-10-16)21-19(22)17-11-8-12-20-14(17)2;1-2/h5-12,18,20H,2-4,13H2,1H3,(H,21,22);1-2H3. The molecule has 0 saturated heterocycles. The molecule has 1 heterocycles. The summed E-state index contributed by atoms with van der Waals surface area (Å²) in [6.45, 7) is 14.2. The van der Waals surface area contributed by atoms with Crippen LogP contribution in [0.15, 0.2) is 78.9 Å². The van der Waals surface area contributed by atoms with E-state index in [4.69, 9.17) is 4.74 Å². The fourth-order valence-corrected chi connectivity index (χ4v) is 2.30. The van der Waals surface area contributed by atoms with E-state index in [0.29, 0.717) is 30.1 Å². The summed E-state index contributed by atoms with van der Waals surface area (Å²) in [5, 5.41) is 5.92. The lowest BCUT2D eigenvalue weighted by Gasteiger charge is -2.23. The molecule has 1 aliphatic rings. The van der Waals surface area contributed by atoms with Crippen LogP contribution in [0.5, 0.6) is 0 Å². The topological polar surface area (TPSA) is 50.4 Å². The summed E-state index contributed by atoms with van der Waals surface area (Å²) in [4.78, 5) is 12.5. The average Bonchev–Trinajstić information content (AvgIpc) is 2.64. The van der Waals surface area contributed by atoms with Crippen molar-refractivity contribution in [3.05, 3.63) is 84.4 Å². The minimum atomic E-state index is -0.301. The van der Waals surface area contributed by atoms with Crippen LogP contribution < -0.4 is 10.6 Å². The van der Waals surface area contributed by atoms with Crippen LogP contribution in [0.2, 0.25) is 0 Å². The second-order valence-electron chi connectivity index (χ2n) is 5.18. The van der Waals surface area contributed by atoms with Gasteiger partial charge in [0, 0.05) is 11.9 Å². The van der Waals surface area contributed by atoms with Crippen molar-refractivity contribution in [3.63, 3.8) is 0 Å². The van der Waals surface area contributed by atoms with E-state index >= 15 is 0 Å². The van der Waals surface area contributed by atoms with Crippen molar-refractivity contribution in [1.82, 2.24) is 10.6 Å². The van der Waals surface area contributed by atoms with E-state index in [1.54, 1.807) is 18.4 Å². The second-order valence-corrected chi connectivity index (χ2v) is 5.18. The number of allylic oxidation sites excluding steroid dienone is 2. The largest absolute Gasteiger partial charge is 0.497 e. The second kappa shape index (κ2) is 10.9. The number of dihydropyridines is 1. The molecule has 1 aliphatic heterocycles. The number of ether oxygens (including phenoxy) is 1. The summed E-state index contributed by atoms with van der Waals surface area (Å²) in [7, 11) is 0. The number of hydrogen-bond donors (Lipinski definition) is 2. The van der Waals surface area contributed by atoms with Crippen molar-refractivity contribution in [2.24, 2.45) is 0 Å². The molecule has 1 unspecified atom stereocenters. The SMILES string of the molecule is C=C1NC=CC=C1C(=O)NC(Cc1ccccc1)C(=C)OCC.CC. The Bertz CT molecular complexity index is 645. The Morgan fingerprint density at radius 3 is 2.56 bits per heavy atom. The summed E-state index contributed by atoms with van der Waals surface area (Å²) < 4.78 is 5.51. The molecule has 0 fully saturated rings. The van der Waals surface area contributed by atoms with Crippen LogP contribution in [-0.4, -0.2) is 18.6 Å². The first-order valence-corrected chi connectivity index (χ1v) is 8.60. The predicted molar refractivity (Wildman–Crippen MR) is 104 cm³/mol. The van der Waals surface area contributed by atoms with Crippen LogP contribution in [0.4, 0.5) is 0 Å². The molecule has 0 saturated carbocycles. The zero-order valence-corrected chi connectivity index (χ0v) is 15.3. The van der Waals surface area contributed by atoms with Crippen molar-refractivity contribution in [2.75, 3.05) is 6.61 Å². The Morgan fingerprint density at radius 1 is 1.28 bits per heavy atom. The Morgan fingerprint density at radius 2 is 1.96 bits per heavy atom. The third-order valence-electron chi connectivity index (χ3n) is 3.49. The van der Waals surface area contributed by atoms with Crippen LogP contribution in [-0.2, 0) is 16.0 Å². The van der Waals surface area contributed by atoms with Gasteiger partial charge in [-0.25, -0.2) is 0 Å². The van der Waals surface area contributed by atoms with Gasteiger partial charge >= 0.3 is 0 Å². The van der Waals surface area contributed by atoms with Crippen LogP contribution in [0.1, 0.15) is 26.3 Å². The van der Waals surface area contributed by atoms with Gasteiger partial charge in [-0.2, -0.15) is 0 Å². The highest BCUT2D eigenvalue weighted by Crippen LogP contribution is 2.14. The van der Waals surface area contributed by atoms with Crippen molar-refractivity contribution in [3.8, 4) is 0 Å². The molecule has 2 rings (SSSR count). The monoisotopic (exact) mass is 340 g/mol. The van der Waals surface area contributed by atoms with E-state index in [0.717, 1.165) is 5.56 Å². The van der Waals surface area contributed by atoms with Crippen molar-refractivity contribution >= 4 is 5.91 Å². The third kappa shape index (κ3) is 6.34. The molecular weight excluding hydrogens is 312 g/mol. The van der Waals surface area contributed by atoms with Gasteiger partial charge in [0.2, 0.25) is 0 Å². The highest BCUT2D eigenvalue weighted by atomic mass is 16.5. The maximum atomic E-state index is 12.5. The van der Waals surface area contributed by atoms with Crippen LogP contribution in [0.3, 0.4) is 0 Å². The van der Waals surface area contributed by atoms with E-state index in [1.165, 1.54) is 0 Å². The smallest absolute Gasteiger partial charge is 0.253 e. The molecule has 25 heavy (non-hydrogen) atoms. The summed E-state index contributed by atoms with van der Waals surface area (Å²) in [5.74, 6) is 0.351. The normalized spacial score (nSPS) is 13.6. The van der Waals surface area contributed by atoms with Gasteiger partial charge < -0.3 is 15.4 Å². The number of nitrogens with one attached hydrogen (secondary N) is 2. The number of carbonyl (C=O) groups excluding carboxylic acids is 1. The van der Waals surface area contributed by atoms with E-state index in [1.807, 2.05) is 51.1 Å². The molecule has 0 radical (unpaired) electrons. The molecule has 4 heteroatoms. The van der Waals surface area contributed by atoms with E-state index < -0.39 is 0 Å². The van der Waals surface area contributed by atoms with Crippen LogP contribution in [0.25, 0.3) is 0 Å². The van der Waals surface area contributed by atoms with E-state index in [2.05, 4.69) is 23.8 Å². The molecule has 1 amide bonds. The van der Waals surface area contributed by atoms with Gasteiger partial charge in [0.25, 0.3) is 5.91 Å². The van der Waals surface area contributed by atoms with Crippen molar-refractivity contribution in [1.29, 1.82) is 0 Å². The summed E-state index contributed by atoms with van der Waals surface area (Å²) >= 11 is 0. The van der Waals surface area contributed by atoms with Crippen molar-refractivity contribution < 1.29 is 9.53 Å². The van der Waals surface area contributed by atoms with Crippen LogP contribution in [0, 0.1) is 0 Å². The molecule has 1 aromatic rings. The molecule has 0 aromatic heterocycles. The first-order valence-electron chi connectivity index (χ1n) is 8.60. The molecule has 0 spiro atoms. The number of amides is 1. The summed E-state index contributed by atoms with van der Waals surface area (Å²) in [6, 6.07) is 9.63. The quantitative estimate of drug-likeness (QED) is 0.741. The van der Waals surface area contributed by atoms with Crippen molar-refractivity contribution in [2.45, 2.75) is 33.2 Å². The Labute approximate surface area is 151 Å². The van der Waals surface area contributed by atoms with Gasteiger partial charge in [-0.3, -0.25) is 4.79 Å². The third-order valence-corrected chi connectivity index (χ3v) is 3.49. The fourth-order valence-electron chi connectivity index (χ4n) is 2.30. The molecule has 4 nitrogen and oxygen atoms in total. The molecule has 2 N–H and O–H groups in total. The minimum Gasteiger partial charge on any atom is -0.497 e. The highest BCUT2D eigenvalue weighted by molar-refractivity contribution is 5.98. The Kier molecular flexibility index (Phi) is 8.86. The number of hydrogen-bond acceptors (Lipinski definition) is 3. The van der Waals surface area contributed by atoms with Gasteiger partial charge in [-0.15, -0.1) is 0 Å².